The first-order valence-electron chi connectivity index (χ1n) is 5.72. The van der Waals surface area contributed by atoms with Crippen LogP contribution in [0.1, 0.15) is 17.4 Å². The fourth-order valence-electron chi connectivity index (χ4n) is 1.57. The molecule has 6 heteroatoms. The van der Waals surface area contributed by atoms with Crippen LogP contribution in [0.5, 0.6) is 0 Å². The average molecular weight is 259 g/mol. The van der Waals surface area contributed by atoms with Crippen molar-refractivity contribution in [2.45, 2.75) is 13.0 Å². The summed E-state index contributed by atoms with van der Waals surface area (Å²) >= 11 is 0. The maximum atomic E-state index is 11.9. The Morgan fingerprint density at radius 3 is 2.63 bits per heavy atom. The van der Waals surface area contributed by atoms with Crippen LogP contribution in [0.15, 0.2) is 30.5 Å². The van der Waals surface area contributed by atoms with E-state index < -0.39 is 17.9 Å². The normalized spacial score (nSPS) is 11.9. The Kier molecular flexibility index (Phi) is 3.70. The van der Waals surface area contributed by atoms with E-state index >= 15 is 0 Å². The highest BCUT2D eigenvalue weighted by molar-refractivity contribution is 5.96. The lowest BCUT2D eigenvalue weighted by molar-refractivity contribution is -0.142. The Morgan fingerprint density at radius 1 is 1.26 bits per heavy atom. The van der Waals surface area contributed by atoms with Gasteiger partial charge in [0.25, 0.3) is 5.91 Å². The Morgan fingerprint density at radius 2 is 1.95 bits per heavy atom. The van der Waals surface area contributed by atoms with Crippen LogP contribution in [0, 0.1) is 0 Å². The predicted molar refractivity (Wildman–Crippen MR) is 68.5 cm³/mol. The second-order valence-corrected chi connectivity index (χ2v) is 3.96. The van der Waals surface area contributed by atoms with Gasteiger partial charge in [-0.25, -0.2) is 9.78 Å². The SMILES string of the molecule is COC(=O)[C@@H](C)NC(=O)c1cnc2ccccc2n1. The third-order valence-electron chi connectivity index (χ3n) is 2.58. The molecule has 1 aromatic carbocycles. The molecule has 0 unspecified atom stereocenters. The first-order valence-corrected chi connectivity index (χ1v) is 5.72. The summed E-state index contributed by atoms with van der Waals surface area (Å²) in [6.07, 6.45) is 1.38. The Bertz CT molecular complexity index is 627. The number of hydrogen-bond acceptors (Lipinski definition) is 5. The molecule has 6 nitrogen and oxygen atoms in total. The number of aromatic nitrogens is 2. The zero-order valence-corrected chi connectivity index (χ0v) is 10.6. The molecule has 0 aliphatic rings. The Hall–Kier alpha value is -2.50. The van der Waals surface area contributed by atoms with Gasteiger partial charge in [-0.1, -0.05) is 12.1 Å². The number of rotatable bonds is 3. The van der Waals surface area contributed by atoms with Crippen molar-refractivity contribution in [1.82, 2.24) is 15.3 Å². The molecule has 1 atom stereocenters. The largest absolute Gasteiger partial charge is 0.467 e. The minimum Gasteiger partial charge on any atom is -0.467 e. The van der Waals surface area contributed by atoms with Gasteiger partial charge in [0, 0.05) is 0 Å². The van der Waals surface area contributed by atoms with E-state index in [-0.39, 0.29) is 5.69 Å². The zero-order chi connectivity index (χ0) is 13.8. The predicted octanol–water partition coefficient (Wildman–Crippen LogP) is 0.921. The number of methoxy groups -OCH3 is 1. The molecule has 2 aromatic rings. The minimum atomic E-state index is -0.731. The van der Waals surface area contributed by atoms with Crippen LogP contribution in [-0.4, -0.2) is 35.0 Å². The van der Waals surface area contributed by atoms with Crippen molar-refractivity contribution < 1.29 is 14.3 Å². The molecule has 0 aliphatic carbocycles. The quantitative estimate of drug-likeness (QED) is 0.829. The third-order valence-corrected chi connectivity index (χ3v) is 2.58. The van der Waals surface area contributed by atoms with Crippen molar-refractivity contribution in [3.05, 3.63) is 36.2 Å². The summed E-state index contributed by atoms with van der Waals surface area (Å²) in [6, 6.07) is 6.50. The van der Waals surface area contributed by atoms with Crippen LogP contribution >= 0.6 is 0 Å². The van der Waals surface area contributed by atoms with Crippen LogP contribution in [-0.2, 0) is 9.53 Å². The number of esters is 1. The highest BCUT2D eigenvalue weighted by Crippen LogP contribution is 2.08. The van der Waals surface area contributed by atoms with Gasteiger partial charge in [0.15, 0.2) is 0 Å². The molecule has 0 radical (unpaired) electrons. The molecular formula is C13H13N3O3. The smallest absolute Gasteiger partial charge is 0.328 e. The van der Waals surface area contributed by atoms with Crippen LogP contribution in [0.2, 0.25) is 0 Å². The number of carbonyl (C=O) groups is 2. The fourth-order valence-corrected chi connectivity index (χ4v) is 1.57. The van der Waals surface area contributed by atoms with Crippen molar-refractivity contribution in [2.24, 2.45) is 0 Å². The van der Waals surface area contributed by atoms with Crippen LogP contribution < -0.4 is 5.32 Å². The standard InChI is InChI=1S/C13H13N3O3/c1-8(13(18)19-2)15-12(17)11-7-14-9-5-3-4-6-10(9)16-11/h3-8H,1-2H3,(H,15,17)/t8-/m1/s1. The lowest BCUT2D eigenvalue weighted by atomic mass is 10.2. The van der Waals surface area contributed by atoms with Crippen molar-refractivity contribution in [3.8, 4) is 0 Å². The van der Waals surface area contributed by atoms with Gasteiger partial charge in [0.05, 0.1) is 24.3 Å². The summed E-state index contributed by atoms with van der Waals surface area (Å²) in [6.45, 7) is 1.54. The summed E-state index contributed by atoms with van der Waals surface area (Å²) in [5.41, 5.74) is 1.50. The maximum Gasteiger partial charge on any atom is 0.328 e. The first-order chi connectivity index (χ1) is 9.11. The number of carbonyl (C=O) groups excluding carboxylic acids is 2. The molecule has 2 rings (SSSR count). The number of nitrogens with zero attached hydrogens (tertiary/aromatic N) is 2. The van der Waals surface area contributed by atoms with Gasteiger partial charge >= 0.3 is 5.97 Å². The molecule has 19 heavy (non-hydrogen) atoms. The monoisotopic (exact) mass is 259 g/mol. The van der Waals surface area contributed by atoms with Crippen LogP contribution in [0.3, 0.4) is 0 Å². The van der Waals surface area contributed by atoms with Gasteiger partial charge in [-0.05, 0) is 19.1 Å². The third kappa shape index (κ3) is 2.85. The van der Waals surface area contributed by atoms with E-state index in [0.29, 0.717) is 11.0 Å². The zero-order valence-electron chi connectivity index (χ0n) is 10.6. The minimum absolute atomic E-state index is 0.162. The second kappa shape index (κ2) is 5.43. The number of hydrogen-bond donors (Lipinski definition) is 1. The van der Waals surface area contributed by atoms with E-state index in [4.69, 9.17) is 0 Å². The Balaban J connectivity index is 2.19. The van der Waals surface area contributed by atoms with Crippen molar-refractivity contribution in [3.63, 3.8) is 0 Å². The lowest BCUT2D eigenvalue weighted by Gasteiger charge is -2.10. The van der Waals surface area contributed by atoms with E-state index in [1.54, 1.807) is 12.1 Å². The van der Waals surface area contributed by atoms with Crippen molar-refractivity contribution in [2.75, 3.05) is 7.11 Å². The summed E-state index contributed by atoms with van der Waals surface area (Å²) in [5.74, 6) is -0.974. The Labute approximate surface area is 109 Å². The topological polar surface area (TPSA) is 81.2 Å². The summed E-state index contributed by atoms with van der Waals surface area (Å²) in [7, 11) is 1.26. The average Bonchev–Trinajstić information content (AvgIpc) is 2.45. The highest BCUT2D eigenvalue weighted by atomic mass is 16.5. The molecule has 1 N–H and O–H groups in total. The molecule has 1 amide bonds. The van der Waals surface area contributed by atoms with Crippen molar-refractivity contribution in [1.29, 1.82) is 0 Å². The fraction of sp³-hybridized carbons (Fsp3) is 0.231. The van der Waals surface area contributed by atoms with E-state index in [9.17, 15) is 9.59 Å². The number of benzene rings is 1. The molecule has 98 valence electrons. The van der Waals surface area contributed by atoms with E-state index in [0.717, 1.165) is 0 Å². The number of para-hydroxylation sites is 2. The van der Waals surface area contributed by atoms with Crippen LogP contribution in [0.4, 0.5) is 0 Å². The van der Waals surface area contributed by atoms with Gasteiger partial charge in [-0.15, -0.1) is 0 Å². The van der Waals surface area contributed by atoms with Gasteiger partial charge in [0.1, 0.15) is 11.7 Å². The van der Waals surface area contributed by atoms with Crippen LogP contribution in [0.25, 0.3) is 11.0 Å². The molecule has 0 saturated heterocycles. The molecule has 1 aromatic heterocycles. The van der Waals surface area contributed by atoms with Gasteiger partial charge in [-0.2, -0.15) is 0 Å². The first kappa shape index (κ1) is 12.9. The molecule has 0 fully saturated rings. The van der Waals surface area contributed by atoms with Gasteiger partial charge in [0.2, 0.25) is 0 Å². The summed E-state index contributed by atoms with van der Waals surface area (Å²) in [4.78, 5) is 31.4. The summed E-state index contributed by atoms with van der Waals surface area (Å²) < 4.78 is 4.53. The number of amides is 1. The molecule has 0 saturated carbocycles. The molecule has 1 heterocycles. The molecular weight excluding hydrogens is 246 g/mol. The highest BCUT2D eigenvalue weighted by Gasteiger charge is 2.18. The molecule has 0 spiro atoms. The van der Waals surface area contributed by atoms with E-state index in [2.05, 4.69) is 20.0 Å². The number of ether oxygens (including phenoxy) is 1. The maximum absolute atomic E-state index is 11.9. The molecule has 0 aliphatic heterocycles. The van der Waals surface area contributed by atoms with Gasteiger partial charge in [-0.3, -0.25) is 9.78 Å². The molecule has 0 bridgehead atoms. The summed E-state index contributed by atoms with van der Waals surface area (Å²) in [5, 5.41) is 2.50. The number of fused-ring (bicyclic) bond motifs is 1. The van der Waals surface area contributed by atoms with E-state index in [1.807, 2.05) is 12.1 Å². The number of nitrogens with one attached hydrogen (secondary N) is 1. The second-order valence-electron chi connectivity index (χ2n) is 3.96. The van der Waals surface area contributed by atoms with Crippen molar-refractivity contribution >= 4 is 22.9 Å². The van der Waals surface area contributed by atoms with Gasteiger partial charge < -0.3 is 10.1 Å². The van der Waals surface area contributed by atoms with E-state index in [1.165, 1.54) is 20.2 Å². The lowest BCUT2D eigenvalue weighted by Crippen LogP contribution is -2.39.